The van der Waals surface area contributed by atoms with Gasteiger partial charge in [-0.1, -0.05) is 12.1 Å². The van der Waals surface area contributed by atoms with Gasteiger partial charge in [-0.05, 0) is 34.5 Å². The normalized spacial score (nSPS) is 15.3. The lowest BCUT2D eigenvalue weighted by Crippen LogP contribution is -2.49. The second kappa shape index (κ2) is 8.17. The Labute approximate surface area is 146 Å². The van der Waals surface area contributed by atoms with Crippen molar-refractivity contribution in [3.8, 4) is 11.5 Å². The molecule has 1 aromatic heterocycles. The number of piperazine rings is 1. The van der Waals surface area contributed by atoms with E-state index in [1.54, 1.807) is 18.4 Å². The Hall–Kier alpha value is -2.05. The minimum Gasteiger partial charge on any atom is -0.493 e. The van der Waals surface area contributed by atoms with Crippen LogP contribution in [0.1, 0.15) is 5.56 Å². The summed E-state index contributed by atoms with van der Waals surface area (Å²) in [6.45, 7) is 4.30. The summed E-state index contributed by atoms with van der Waals surface area (Å²) in [7, 11) is 1.59. The van der Waals surface area contributed by atoms with Gasteiger partial charge in [0.15, 0.2) is 18.1 Å². The van der Waals surface area contributed by atoms with Gasteiger partial charge in [0.1, 0.15) is 0 Å². The van der Waals surface area contributed by atoms with E-state index in [1.807, 2.05) is 29.2 Å². The van der Waals surface area contributed by atoms with Gasteiger partial charge in [0.2, 0.25) is 0 Å². The van der Waals surface area contributed by atoms with Crippen molar-refractivity contribution in [1.82, 2.24) is 9.80 Å². The molecule has 0 aliphatic carbocycles. The summed E-state index contributed by atoms with van der Waals surface area (Å²) in [4.78, 5) is 16.6. The molecule has 1 aromatic carbocycles. The fraction of sp³-hybridized carbons (Fsp3) is 0.389. The molecule has 1 aliphatic heterocycles. The minimum atomic E-state index is 0.0242. The number of benzene rings is 1. The predicted octanol–water partition coefficient (Wildman–Crippen LogP) is 2.48. The van der Waals surface area contributed by atoms with Gasteiger partial charge in [-0.25, -0.2) is 0 Å². The highest BCUT2D eigenvalue weighted by atomic mass is 32.1. The van der Waals surface area contributed by atoms with Crippen molar-refractivity contribution in [3.05, 3.63) is 46.7 Å². The molecular formula is C18H22N2O3S. The summed E-state index contributed by atoms with van der Waals surface area (Å²) >= 11 is 1.72. The Morgan fingerprint density at radius 3 is 2.54 bits per heavy atom. The number of thiophene rings is 1. The predicted molar refractivity (Wildman–Crippen MR) is 94.7 cm³/mol. The van der Waals surface area contributed by atoms with Gasteiger partial charge in [-0.2, -0.15) is 11.3 Å². The first-order valence-corrected chi connectivity index (χ1v) is 8.97. The Balaban J connectivity index is 1.45. The van der Waals surface area contributed by atoms with E-state index in [-0.39, 0.29) is 12.5 Å². The molecule has 0 unspecified atom stereocenters. The van der Waals surface area contributed by atoms with Gasteiger partial charge < -0.3 is 14.4 Å². The Morgan fingerprint density at radius 2 is 1.88 bits per heavy atom. The monoisotopic (exact) mass is 346 g/mol. The van der Waals surface area contributed by atoms with E-state index < -0.39 is 0 Å². The standard InChI is InChI=1S/C18H22N2O3S/c1-22-16-4-2-3-5-17(16)23-13-18(21)20-9-7-19(8-10-20)12-15-6-11-24-14-15/h2-6,11,14H,7-10,12-13H2,1H3. The van der Waals surface area contributed by atoms with Crippen LogP contribution in [0.3, 0.4) is 0 Å². The summed E-state index contributed by atoms with van der Waals surface area (Å²) < 4.78 is 10.9. The number of nitrogens with zero attached hydrogens (tertiary/aromatic N) is 2. The van der Waals surface area contributed by atoms with E-state index in [4.69, 9.17) is 9.47 Å². The molecule has 0 spiro atoms. The topological polar surface area (TPSA) is 42.0 Å². The first-order valence-electron chi connectivity index (χ1n) is 8.03. The van der Waals surface area contributed by atoms with Crippen LogP contribution in [0.25, 0.3) is 0 Å². The number of hydrogen-bond donors (Lipinski definition) is 0. The van der Waals surface area contributed by atoms with Crippen molar-refractivity contribution in [2.24, 2.45) is 0 Å². The number of hydrogen-bond acceptors (Lipinski definition) is 5. The van der Waals surface area contributed by atoms with Crippen LogP contribution in [0, 0.1) is 0 Å². The van der Waals surface area contributed by atoms with E-state index in [2.05, 4.69) is 21.7 Å². The smallest absolute Gasteiger partial charge is 0.260 e. The fourth-order valence-electron chi connectivity index (χ4n) is 2.77. The van der Waals surface area contributed by atoms with Gasteiger partial charge in [-0.15, -0.1) is 0 Å². The molecule has 128 valence electrons. The van der Waals surface area contributed by atoms with Crippen molar-refractivity contribution in [1.29, 1.82) is 0 Å². The van der Waals surface area contributed by atoms with Gasteiger partial charge in [-0.3, -0.25) is 9.69 Å². The van der Waals surface area contributed by atoms with Gasteiger partial charge in [0, 0.05) is 32.7 Å². The summed E-state index contributed by atoms with van der Waals surface area (Å²) in [5.41, 5.74) is 1.35. The van der Waals surface area contributed by atoms with Crippen molar-refractivity contribution in [2.45, 2.75) is 6.54 Å². The third kappa shape index (κ3) is 4.27. The number of amides is 1. The maximum absolute atomic E-state index is 12.3. The fourth-order valence-corrected chi connectivity index (χ4v) is 3.42. The lowest BCUT2D eigenvalue weighted by Gasteiger charge is -2.34. The highest BCUT2D eigenvalue weighted by Gasteiger charge is 2.21. The molecule has 0 bridgehead atoms. The van der Waals surface area contributed by atoms with Crippen molar-refractivity contribution in [3.63, 3.8) is 0 Å². The zero-order chi connectivity index (χ0) is 16.8. The number of carbonyl (C=O) groups excluding carboxylic acids is 1. The van der Waals surface area contributed by atoms with E-state index in [9.17, 15) is 4.79 Å². The molecule has 3 rings (SSSR count). The average Bonchev–Trinajstić information content (AvgIpc) is 3.13. The summed E-state index contributed by atoms with van der Waals surface area (Å²) in [5, 5.41) is 4.28. The molecule has 24 heavy (non-hydrogen) atoms. The molecule has 1 fully saturated rings. The van der Waals surface area contributed by atoms with E-state index in [0.717, 1.165) is 32.7 Å². The number of rotatable bonds is 6. The minimum absolute atomic E-state index is 0.0242. The van der Waals surface area contributed by atoms with Gasteiger partial charge >= 0.3 is 0 Å². The summed E-state index contributed by atoms with van der Waals surface area (Å²) in [6, 6.07) is 9.53. The molecule has 1 saturated heterocycles. The number of carbonyl (C=O) groups is 1. The van der Waals surface area contributed by atoms with Crippen molar-refractivity contribution >= 4 is 17.2 Å². The lowest BCUT2D eigenvalue weighted by atomic mass is 10.2. The van der Waals surface area contributed by atoms with Crippen LogP contribution >= 0.6 is 11.3 Å². The second-order valence-corrected chi connectivity index (χ2v) is 6.51. The molecule has 1 amide bonds. The first kappa shape index (κ1) is 16.8. The van der Waals surface area contributed by atoms with Crippen LogP contribution in [-0.4, -0.2) is 55.6 Å². The molecule has 0 radical (unpaired) electrons. The van der Waals surface area contributed by atoms with Crippen molar-refractivity contribution in [2.75, 3.05) is 39.9 Å². The largest absolute Gasteiger partial charge is 0.493 e. The average molecular weight is 346 g/mol. The molecule has 0 saturated carbocycles. The van der Waals surface area contributed by atoms with Crippen LogP contribution in [0.2, 0.25) is 0 Å². The van der Waals surface area contributed by atoms with E-state index in [0.29, 0.717) is 11.5 Å². The molecule has 5 nitrogen and oxygen atoms in total. The molecule has 1 aliphatic rings. The van der Waals surface area contributed by atoms with Crippen LogP contribution in [-0.2, 0) is 11.3 Å². The third-order valence-electron chi connectivity index (χ3n) is 4.13. The quantitative estimate of drug-likeness (QED) is 0.806. The molecule has 2 heterocycles. The van der Waals surface area contributed by atoms with Crippen LogP contribution in [0.5, 0.6) is 11.5 Å². The number of ether oxygens (including phenoxy) is 2. The zero-order valence-electron chi connectivity index (χ0n) is 13.8. The lowest BCUT2D eigenvalue weighted by molar-refractivity contribution is -0.135. The maximum atomic E-state index is 12.3. The highest BCUT2D eigenvalue weighted by Crippen LogP contribution is 2.25. The third-order valence-corrected chi connectivity index (χ3v) is 4.86. The molecule has 6 heteroatoms. The molecule has 0 N–H and O–H groups in total. The summed E-state index contributed by atoms with van der Waals surface area (Å²) in [5.74, 6) is 1.27. The van der Waals surface area contributed by atoms with E-state index in [1.165, 1.54) is 5.56 Å². The maximum Gasteiger partial charge on any atom is 0.260 e. The number of para-hydroxylation sites is 2. The zero-order valence-corrected chi connectivity index (χ0v) is 14.6. The Morgan fingerprint density at radius 1 is 1.12 bits per heavy atom. The first-order chi connectivity index (χ1) is 11.8. The Bertz CT molecular complexity index is 652. The SMILES string of the molecule is COc1ccccc1OCC(=O)N1CCN(Cc2ccsc2)CC1. The van der Waals surface area contributed by atoms with Gasteiger partial charge in [0.05, 0.1) is 7.11 Å². The van der Waals surface area contributed by atoms with Crippen LogP contribution in [0.4, 0.5) is 0 Å². The molecule has 2 aromatic rings. The summed E-state index contributed by atoms with van der Waals surface area (Å²) in [6.07, 6.45) is 0. The van der Waals surface area contributed by atoms with E-state index >= 15 is 0 Å². The van der Waals surface area contributed by atoms with Crippen LogP contribution in [0.15, 0.2) is 41.1 Å². The van der Waals surface area contributed by atoms with Gasteiger partial charge in [0.25, 0.3) is 5.91 Å². The highest BCUT2D eigenvalue weighted by molar-refractivity contribution is 7.07. The molecular weight excluding hydrogens is 324 g/mol. The van der Waals surface area contributed by atoms with Crippen molar-refractivity contribution < 1.29 is 14.3 Å². The second-order valence-electron chi connectivity index (χ2n) is 5.73. The molecule has 0 atom stereocenters. The Kier molecular flexibility index (Phi) is 5.72. The van der Waals surface area contributed by atoms with Crippen LogP contribution < -0.4 is 9.47 Å². The number of methoxy groups -OCH3 is 1.